The van der Waals surface area contributed by atoms with Crippen LogP contribution in [0.2, 0.25) is 0 Å². The summed E-state index contributed by atoms with van der Waals surface area (Å²) in [5, 5.41) is 0. The van der Waals surface area contributed by atoms with Gasteiger partial charge in [0.25, 0.3) is 10.0 Å². The number of benzene rings is 2. The highest BCUT2D eigenvalue weighted by molar-refractivity contribution is 7.93. The molecule has 0 saturated heterocycles. The zero-order valence-corrected chi connectivity index (χ0v) is 13.3. The van der Waals surface area contributed by atoms with Crippen molar-refractivity contribution in [3.63, 3.8) is 0 Å². The lowest BCUT2D eigenvalue weighted by Gasteiger charge is -2.25. The molecule has 0 aromatic heterocycles. The van der Waals surface area contributed by atoms with Crippen LogP contribution in [0.15, 0.2) is 53.4 Å². The summed E-state index contributed by atoms with van der Waals surface area (Å²) in [6.07, 6.45) is 0.279. The first-order valence-electron chi connectivity index (χ1n) is 7.01. The summed E-state index contributed by atoms with van der Waals surface area (Å²) in [6.45, 7) is 0. The van der Waals surface area contributed by atoms with Gasteiger partial charge in [-0.3, -0.25) is 9.10 Å². The topological polar surface area (TPSA) is 89.7 Å². The molecule has 1 unspecified atom stereocenters. The lowest BCUT2D eigenvalue weighted by Crippen LogP contribution is -2.45. The average Bonchev–Trinajstić information content (AvgIpc) is 2.95. The van der Waals surface area contributed by atoms with E-state index in [1.165, 1.54) is 19.2 Å². The molecular weight excluding hydrogens is 316 g/mol. The fourth-order valence-electron chi connectivity index (χ4n) is 2.73. The smallest absolute Gasteiger partial charge is 0.265 e. The normalized spacial score (nSPS) is 16.9. The first kappa shape index (κ1) is 15.4. The Labute approximate surface area is 134 Å². The number of sulfonamides is 1. The Morgan fingerprint density at radius 1 is 1.17 bits per heavy atom. The Morgan fingerprint density at radius 3 is 2.43 bits per heavy atom. The van der Waals surface area contributed by atoms with E-state index in [4.69, 9.17) is 10.5 Å². The number of hydrogen-bond acceptors (Lipinski definition) is 4. The van der Waals surface area contributed by atoms with Gasteiger partial charge in [0.05, 0.1) is 17.7 Å². The third kappa shape index (κ3) is 2.53. The zero-order valence-electron chi connectivity index (χ0n) is 12.5. The van der Waals surface area contributed by atoms with Crippen molar-refractivity contribution in [1.29, 1.82) is 0 Å². The van der Waals surface area contributed by atoms with E-state index in [1.807, 2.05) is 0 Å². The number of nitrogens with two attached hydrogens (primary N) is 1. The van der Waals surface area contributed by atoms with Gasteiger partial charge >= 0.3 is 0 Å². The molecule has 23 heavy (non-hydrogen) atoms. The van der Waals surface area contributed by atoms with E-state index in [0.29, 0.717) is 11.4 Å². The molecule has 0 aliphatic carbocycles. The fourth-order valence-corrected chi connectivity index (χ4v) is 4.39. The summed E-state index contributed by atoms with van der Waals surface area (Å²) in [6, 6.07) is 12.1. The minimum atomic E-state index is -3.89. The van der Waals surface area contributed by atoms with Crippen LogP contribution in [-0.4, -0.2) is 27.5 Å². The van der Waals surface area contributed by atoms with E-state index >= 15 is 0 Å². The summed E-state index contributed by atoms with van der Waals surface area (Å²) < 4.78 is 32.1. The van der Waals surface area contributed by atoms with Gasteiger partial charge in [0.2, 0.25) is 5.91 Å². The molecule has 0 spiro atoms. The van der Waals surface area contributed by atoms with Gasteiger partial charge in [0.15, 0.2) is 0 Å². The van der Waals surface area contributed by atoms with Crippen molar-refractivity contribution in [3.8, 4) is 5.75 Å². The van der Waals surface area contributed by atoms with Crippen molar-refractivity contribution >= 4 is 21.6 Å². The maximum absolute atomic E-state index is 13.0. The van der Waals surface area contributed by atoms with Crippen molar-refractivity contribution < 1.29 is 17.9 Å². The molecule has 7 heteroatoms. The van der Waals surface area contributed by atoms with Gasteiger partial charge in [-0.15, -0.1) is 0 Å². The SMILES string of the molecule is COc1ccc(S(=O)(=O)N2c3ccccc3CC2C(N)=O)cc1. The molecule has 2 aromatic carbocycles. The standard InChI is InChI=1S/C16H16N2O4S/c1-22-12-6-8-13(9-7-12)23(20,21)18-14-5-3-2-4-11(14)10-15(18)16(17)19/h2-9,15H,10H2,1H3,(H2,17,19). The molecular formula is C16H16N2O4S. The lowest BCUT2D eigenvalue weighted by atomic mass is 10.1. The van der Waals surface area contributed by atoms with Crippen molar-refractivity contribution in [1.82, 2.24) is 0 Å². The Kier molecular flexibility index (Phi) is 3.73. The van der Waals surface area contributed by atoms with Crippen LogP contribution in [-0.2, 0) is 21.2 Å². The molecule has 0 radical (unpaired) electrons. The fraction of sp³-hybridized carbons (Fsp3) is 0.188. The maximum Gasteiger partial charge on any atom is 0.265 e. The van der Waals surface area contributed by atoms with Gasteiger partial charge in [-0.1, -0.05) is 18.2 Å². The van der Waals surface area contributed by atoms with Gasteiger partial charge in [-0.05, 0) is 35.9 Å². The Hall–Kier alpha value is -2.54. The molecule has 3 rings (SSSR count). The highest BCUT2D eigenvalue weighted by atomic mass is 32.2. The van der Waals surface area contributed by atoms with Crippen molar-refractivity contribution in [2.45, 2.75) is 17.4 Å². The summed E-state index contributed by atoms with van der Waals surface area (Å²) >= 11 is 0. The molecule has 1 aliphatic heterocycles. The minimum absolute atomic E-state index is 0.0845. The van der Waals surface area contributed by atoms with Crippen LogP contribution in [0.5, 0.6) is 5.75 Å². The second-order valence-electron chi connectivity index (χ2n) is 5.23. The summed E-state index contributed by atoms with van der Waals surface area (Å²) in [5.41, 5.74) is 6.70. The summed E-state index contributed by atoms with van der Waals surface area (Å²) in [4.78, 5) is 11.8. The zero-order chi connectivity index (χ0) is 16.6. The van der Waals surface area contributed by atoms with Crippen LogP contribution < -0.4 is 14.8 Å². The summed E-state index contributed by atoms with van der Waals surface area (Å²) in [7, 11) is -2.39. The van der Waals surface area contributed by atoms with Gasteiger partial charge in [-0.25, -0.2) is 8.42 Å². The Morgan fingerprint density at radius 2 is 1.83 bits per heavy atom. The number of carbonyl (C=O) groups is 1. The van der Waals surface area contributed by atoms with Gasteiger partial charge < -0.3 is 10.5 Å². The highest BCUT2D eigenvalue weighted by Crippen LogP contribution is 2.36. The number of carbonyl (C=O) groups excluding carboxylic acids is 1. The number of nitrogens with zero attached hydrogens (tertiary/aromatic N) is 1. The van der Waals surface area contributed by atoms with E-state index in [0.717, 1.165) is 9.87 Å². The molecule has 2 N–H and O–H groups in total. The Balaban J connectivity index is 2.10. The number of methoxy groups -OCH3 is 1. The number of anilines is 1. The van der Waals surface area contributed by atoms with Gasteiger partial charge in [0, 0.05) is 6.42 Å². The first-order chi connectivity index (χ1) is 10.9. The van der Waals surface area contributed by atoms with Crippen LogP contribution in [0.1, 0.15) is 5.56 Å². The average molecular weight is 332 g/mol. The number of para-hydroxylation sites is 1. The van der Waals surface area contributed by atoms with E-state index < -0.39 is 22.0 Å². The second kappa shape index (κ2) is 5.58. The van der Waals surface area contributed by atoms with E-state index in [1.54, 1.807) is 36.4 Å². The van der Waals surface area contributed by atoms with Crippen LogP contribution in [0.3, 0.4) is 0 Å². The second-order valence-corrected chi connectivity index (χ2v) is 7.04. The third-order valence-corrected chi connectivity index (χ3v) is 5.71. The van der Waals surface area contributed by atoms with E-state index in [9.17, 15) is 13.2 Å². The van der Waals surface area contributed by atoms with Crippen LogP contribution in [0, 0.1) is 0 Å². The van der Waals surface area contributed by atoms with Gasteiger partial charge in [-0.2, -0.15) is 0 Å². The molecule has 0 bridgehead atoms. The molecule has 120 valence electrons. The predicted octanol–water partition coefficient (Wildman–Crippen LogP) is 1.30. The summed E-state index contributed by atoms with van der Waals surface area (Å²) in [5.74, 6) is -0.115. The highest BCUT2D eigenvalue weighted by Gasteiger charge is 2.41. The molecule has 2 aromatic rings. The van der Waals surface area contributed by atoms with E-state index in [-0.39, 0.29) is 11.3 Å². The molecule has 1 aliphatic rings. The number of primary amides is 1. The molecule has 1 heterocycles. The number of hydrogen-bond donors (Lipinski definition) is 1. The molecule has 1 amide bonds. The van der Waals surface area contributed by atoms with Crippen molar-refractivity contribution in [2.24, 2.45) is 5.73 Å². The third-order valence-electron chi connectivity index (χ3n) is 3.87. The lowest BCUT2D eigenvalue weighted by molar-refractivity contribution is -0.118. The van der Waals surface area contributed by atoms with Crippen LogP contribution >= 0.6 is 0 Å². The number of amides is 1. The number of ether oxygens (including phenoxy) is 1. The van der Waals surface area contributed by atoms with Crippen molar-refractivity contribution in [3.05, 3.63) is 54.1 Å². The van der Waals surface area contributed by atoms with E-state index in [2.05, 4.69) is 0 Å². The first-order valence-corrected chi connectivity index (χ1v) is 8.45. The van der Waals surface area contributed by atoms with Crippen LogP contribution in [0.25, 0.3) is 0 Å². The molecule has 0 fully saturated rings. The Bertz CT molecular complexity index is 847. The monoisotopic (exact) mass is 332 g/mol. The van der Waals surface area contributed by atoms with Crippen molar-refractivity contribution in [2.75, 3.05) is 11.4 Å². The number of rotatable bonds is 4. The molecule has 0 saturated carbocycles. The van der Waals surface area contributed by atoms with Gasteiger partial charge in [0.1, 0.15) is 11.8 Å². The molecule has 1 atom stereocenters. The quantitative estimate of drug-likeness (QED) is 0.914. The minimum Gasteiger partial charge on any atom is -0.497 e. The predicted molar refractivity (Wildman–Crippen MR) is 85.8 cm³/mol. The van der Waals surface area contributed by atoms with Crippen LogP contribution in [0.4, 0.5) is 5.69 Å². The molecule has 6 nitrogen and oxygen atoms in total. The number of fused-ring (bicyclic) bond motifs is 1. The largest absolute Gasteiger partial charge is 0.497 e. The maximum atomic E-state index is 13.0.